The average Bonchev–Trinajstić information content (AvgIpc) is 2.99. The second-order valence-electron chi connectivity index (χ2n) is 10.2. The van der Waals surface area contributed by atoms with Crippen molar-refractivity contribution in [1.29, 1.82) is 0 Å². The van der Waals surface area contributed by atoms with E-state index in [0.29, 0.717) is 30.9 Å². The lowest BCUT2D eigenvalue weighted by Crippen LogP contribution is -2.46. The predicted octanol–water partition coefficient (Wildman–Crippen LogP) is 4.37. The molecule has 34 heavy (non-hydrogen) atoms. The SMILES string of the molecule is CC1(C)OB(c2ccc(OCc3ccccc3)c(CC(=O)N3CCCC(F)(F)C3)c2)OC1(C)C. The second kappa shape index (κ2) is 9.31. The van der Waals surface area contributed by atoms with Gasteiger partial charge in [-0.3, -0.25) is 4.79 Å². The number of benzene rings is 2. The van der Waals surface area contributed by atoms with E-state index in [-0.39, 0.29) is 18.7 Å². The van der Waals surface area contributed by atoms with Crippen molar-refractivity contribution in [3.63, 3.8) is 0 Å². The van der Waals surface area contributed by atoms with Gasteiger partial charge in [-0.2, -0.15) is 0 Å². The number of piperidine rings is 1. The highest BCUT2D eigenvalue weighted by atomic mass is 19.3. The van der Waals surface area contributed by atoms with Crippen LogP contribution < -0.4 is 10.2 Å². The molecule has 4 rings (SSSR count). The lowest BCUT2D eigenvalue weighted by Gasteiger charge is -2.32. The zero-order valence-corrected chi connectivity index (χ0v) is 20.3. The molecule has 2 aliphatic heterocycles. The molecule has 1 amide bonds. The summed E-state index contributed by atoms with van der Waals surface area (Å²) in [7, 11) is -0.596. The third kappa shape index (κ3) is 5.44. The molecule has 0 atom stereocenters. The summed E-state index contributed by atoms with van der Waals surface area (Å²) >= 11 is 0. The number of carbonyl (C=O) groups excluding carboxylic acids is 1. The fraction of sp³-hybridized carbons (Fsp3) is 0.500. The summed E-state index contributed by atoms with van der Waals surface area (Å²) in [5, 5.41) is 0. The maximum atomic E-state index is 13.9. The number of amides is 1. The quantitative estimate of drug-likeness (QED) is 0.588. The van der Waals surface area contributed by atoms with E-state index in [1.807, 2.05) is 70.2 Å². The molecule has 5 nitrogen and oxygen atoms in total. The van der Waals surface area contributed by atoms with Gasteiger partial charge in [-0.05, 0) is 51.2 Å². The Kier molecular flexibility index (Phi) is 6.75. The van der Waals surface area contributed by atoms with Crippen LogP contribution in [0.15, 0.2) is 48.5 Å². The molecule has 0 aliphatic carbocycles. The van der Waals surface area contributed by atoms with Gasteiger partial charge in [-0.15, -0.1) is 0 Å². The number of carbonyl (C=O) groups is 1. The van der Waals surface area contributed by atoms with Gasteiger partial charge in [-0.1, -0.05) is 42.5 Å². The summed E-state index contributed by atoms with van der Waals surface area (Å²) in [6.07, 6.45) is 0.0806. The minimum Gasteiger partial charge on any atom is -0.489 e. The van der Waals surface area contributed by atoms with Crippen LogP contribution in [0.2, 0.25) is 0 Å². The van der Waals surface area contributed by atoms with Crippen LogP contribution in [0.25, 0.3) is 0 Å². The number of ether oxygens (including phenoxy) is 1. The van der Waals surface area contributed by atoms with Crippen molar-refractivity contribution in [1.82, 2.24) is 4.90 Å². The molecule has 0 bridgehead atoms. The predicted molar refractivity (Wildman–Crippen MR) is 127 cm³/mol. The number of nitrogens with zero attached hydrogens (tertiary/aromatic N) is 1. The van der Waals surface area contributed by atoms with Gasteiger partial charge < -0.3 is 18.9 Å². The third-order valence-corrected chi connectivity index (χ3v) is 6.93. The van der Waals surface area contributed by atoms with Gasteiger partial charge in [0.05, 0.1) is 24.2 Å². The van der Waals surface area contributed by atoms with Crippen LogP contribution in [0, 0.1) is 0 Å². The van der Waals surface area contributed by atoms with E-state index in [9.17, 15) is 13.6 Å². The molecule has 8 heteroatoms. The van der Waals surface area contributed by atoms with E-state index >= 15 is 0 Å². The molecule has 2 fully saturated rings. The molecule has 0 radical (unpaired) electrons. The minimum absolute atomic E-state index is 0.0342. The van der Waals surface area contributed by atoms with Crippen LogP contribution in [0.4, 0.5) is 8.78 Å². The maximum Gasteiger partial charge on any atom is 0.494 e. The first-order valence-corrected chi connectivity index (χ1v) is 11.8. The largest absolute Gasteiger partial charge is 0.494 e. The number of hydrogen-bond acceptors (Lipinski definition) is 4. The lowest BCUT2D eigenvalue weighted by molar-refractivity contribution is -0.140. The highest BCUT2D eigenvalue weighted by Crippen LogP contribution is 2.37. The van der Waals surface area contributed by atoms with E-state index in [1.54, 1.807) is 6.07 Å². The molecule has 0 spiro atoms. The molecule has 2 saturated heterocycles. The number of alkyl halides is 2. The normalized spacial score (nSPS) is 20.9. The second-order valence-corrected chi connectivity index (χ2v) is 10.2. The van der Waals surface area contributed by atoms with E-state index in [0.717, 1.165) is 11.0 Å². The van der Waals surface area contributed by atoms with Crippen LogP contribution in [0.3, 0.4) is 0 Å². The van der Waals surface area contributed by atoms with Crippen LogP contribution >= 0.6 is 0 Å². The van der Waals surface area contributed by atoms with E-state index in [2.05, 4.69) is 0 Å². The van der Waals surface area contributed by atoms with Crippen LogP contribution in [-0.4, -0.2) is 48.1 Å². The molecular weight excluding hydrogens is 439 g/mol. The van der Waals surface area contributed by atoms with E-state index in [1.165, 1.54) is 4.90 Å². The van der Waals surface area contributed by atoms with Gasteiger partial charge in [-0.25, -0.2) is 8.78 Å². The summed E-state index contributed by atoms with van der Waals surface area (Å²) in [5.74, 6) is -2.64. The summed E-state index contributed by atoms with van der Waals surface area (Å²) in [6, 6.07) is 15.2. The molecule has 0 saturated carbocycles. The molecule has 182 valence electrons. The van der Waals surface area contributed by atoms with Gasteiger partial charge in [0.1, 0.15) is 12.4 Å². The first-order valence-electron chi connectivity index (χ1n) is 11.8. The Morgan fingerprint density at radius 2 is 1.74 bits per heavy atom. The summed E-state index contributed by atoms with van der Waals surface area (Å²) in [5.41, 5.74) is 1.37. The van der Waals surface area contributed by atoms with Gasteiger partial charge >= 0.3 is 7.12 Å². The Labute approximate surface area is 200 Å². The number of hydrogen-bond donors (Lipinski definition) is 0. The molecule has 2 aromatic carbocycles. The van der Waals surface area contributed by atoms with Gasteiger partial charge in [0.25, 0.3) is 5.92 Å². The molecule has 0 aromatic heterocycles. The standard InChI is InChI=1S/C26H32BF2NO4/c1-24(2)25(3,4)34-27(33-24)21-11-12-22(32-17-19-9-6-5-7-10-19)20(15-21)16-23(31)30-14-8-13-26(28,29)18-30/h5-7,9-12,15H,8,13-14,16-18H2,1-4H3. The molecule has 2 aromatic rings. The Balaban J connectivity index is 1.57. The van der Waals surface area contributed by atoms with Crippen molar-refractivity contribution in [3.05, 3.63) is 59.7 Å². The molecule has 2 heterocycles. The van der Waals surface area contributed by atoms with Crippen molar-refractivity contribution in [2.75, 3.05) is 13.1 Å². The Bertz CT molecular complexity index is 1010. The summed E-state index contributed by atoms with van der Waals surface area (Å²) in [4.78, 5) is 14.3. The van der Waals surface area contributed by atoms with E-state index < -0.39 is 30.8 Å². The van der Waals surface area contributed by atoms with Crippen molar-refractivity contribution in [2.24, 2.45) is 0 Å². The Morgan fingerprint density at radius 1 is 1.06 bits per heavy atom. The Hall–Kier alpha value is -2.45. The highest BCUT2D eigenvalue weighted by molar-refractivity contribution is 6.62. The summed E-state index contributed by atoms with van der Waals surface area (Å²) < 4.78 is 46.2. The fourth-order valence-electron chi connectivity index (χ4n) is 4.19. The average molecular weight is 471 g/mol. The topological polar surface area (TPSA) is 48.0 Å². The van der Waals surface area contributed by atoms with E-state index in [4.69, 9.17) is 14.0 Å². The molecule has 2 aliphatic rings. The summed E-state index contributed by atoms with van der Waals surface area (Å²) in [6.45, 7) is 8.04. The van der Waals surface area contributed by atoms with Crippen LogP contribution in [-0.2, 0) is 27.1 Å². The van der Waals surface area contributed by atoms with Gasteiger partial charge in [0.15, 0.2) is 0 Å². The lowest BCUT2D eigenvalue weighted by atomic mass is 9.78. The van der Waals surface area contributed by atoms with Crippen LogP contribution in [0.5, 0.6) is 5.75 Å². The third-order valence-electron chi connectivity index (χ3n) is 6.93. The number of halogens is 2. The molecule has 0 unspecified atom stereocenters. The maximum absolute atomic E-state index is 13.9. The zero-order valence-electron chi connectivity index (χ0n) is 20.3. The van der Waals surface area contributed by atoms with Crippen molar-refractivity contribution in [3.8, 4) is 5.75 Å². The smallest absolute Gasteiger partial charge is 0.489 e. The van der Waals surface area contributed by atoms with Crippen molar-refractivity contribution in [2.45, 2.75) is 70.7 Å². The Morgan fingerprint density at radius 3 is 2.38 bits per heavy atom. The number of likely N-dealkylation sites (tertiary alicyclic amines) is 1. The van der Waals surface area contributed by atoms with Gasteiger partial charge in [0.2, 0.25) is 5.91 Å². The van der Waals surface area contributed by atoms with Gasteiger partial charge in [0, 0.05) is 18.5 Å². The van der Waals surface area contributed by atoms with Crippen LogP contribution in [0.1, 0.15) is 51.7 Å². The monoisotopic (exact) mass is 471 g/mol. The highest BCUT2D eigenvalue weighted by Gasteiger charge is 2.51. The number of rotatable bonds is 6. The zero-order chi connectivity index (χ0) is 24.6. The fourth-order valence-corrected chi connectivity index (χ4v) is 4.19. The minimum atomic E-state index is -2.84. The van der Waals surface area contributed by atoms with Crippen molar-refractivity contribution >= 4 is 18.5 Å². The molecular formula is C26H32BF2NO4. The van der Waals surface area contributed by atoms with Crippen molar-refractivity contribution < 1.29 is 27.6 Å². The molecule has 0 N–H and O–H groups in total. The first-order chi connectivity index (χ1) is 16.0. The first kappa shape index (κ1) is 24.7.